The van der Waals surface area contributed by atoms with Crippen molar-refractivity contribution in [3.8, 4) is 23.6 Å². The van der Waals surface area contributed by atoms with Crippen LogP contribution in [0.4, 0.5) is 0 Å². The van der Waals surface area contributed by atoms with Gasteiger partial charge in [0.15, 0.2) is 11.5 Å². The zero-order valence-corrected chi connectivity index (χ0v) is 13.6. The van der Waals surface area contributed by atoms with E-state index in [1.54, 1.807) is 12.1 Å². The summed E-state index contributed by atoms with van der Waals surface area (Å²) in [4.78, 5) is 13.1. The molecule has 0 aliphatic heterocycles. The quantitative estimate of drug-likeness (QED) is 0.565. The van der Waals surface area contributed by atoms with Gasteiger partial charge in [0.1, 0.15) is 13.1 Å². The molecule has 0 heterocycles. The van der Waals surface area contributed by atoms with E-state index in [0.717, 1.165) is 4.90 Å². The lowest BCUT2D eigenvalue weighted by Gasteiger charge is -2.13. The molecule has 0 spiro atoms. The summed E-state index contributed by atoms with van der Waals surface area (Å²) in [5, 5.41) is 17.7. The van der Waals surface area contributed by atoms with Gasteiger partial charge in [-0.15, -0.1) is 0 Å². The number of nitrogens with zero attached hydrogens (tertiary/aromatic N) is 3. The Labute approximate surface area is 140 Å². The summed E-state index contributed by atoms with van der Waals surface area (Å²) < 4.78 is 10.6. The van der Waals surface area contributed by atoms with E-state index >= 15 is 0 Å². The van der Waals surface area contributed by atoms with Crippen molar-refractivity contribution >= 4 is 23.6 Å². The highest BCUT2D eigenvalue weighted by Crippen LogP contribution is 2.36. The van der Waals surface area contributed by atoms with Crippen LogP contribution >= 0.6 is 11.6 Å². The van der Waals surface area contributed by atoms with E-state index in [2.05, 4.69) is 0 Å². The van der Waals surface area contributed by atoms with Gasteiger partial charge in [0.05, 0.1) is 30.9 Å². The molecule has 7 heteroatoms. The molecule has 0 radical (unpaired) electrons. The largest absolute Gasteiger partial charge is 0.493 e. The maximum absolute atomic E-state index is 12.0. The topological polar surface area (TPSA) is 86.4 Å². The van der Waals surface area contributed by atoms with Crippen LogP contribution in [0.1, 0.15) is 12.5 Å². The maximum atomic E-state index is 12.0. The molecule has 0 N–H and O–H groups in total. The second-order valence-electron chi connectivity index (χ2n) is 4.31. The summed E-state index contributed by atoms with van der Waals surface area (Å²) in [6, 6.07) is 7.00. The van der Waals surface area contributed by atoms with Crippen LogP contribution in [0.5, 0.6) is 11.5 Å². The van der Waals surface area contributed by atoms with Crippen LogP contribution < -0.4 is 9.47 Å². The summed E-state index contributed by atoms with van der Waals surface area (Å²) in [5.41, 5.74) is 0.637. The van der Waals surface area contributed by atoms with Crippen molar-refractivity contribution in [3.63, 3.8) is 0 Å². The first-order valence-corrected chi connectivity index (χ1v) is 7.16. The lowest BCUT2D eigenvalue weighted by atomic mass is 10.2. The molecule has 120 valence electrons. The second-order valence-corrected chi connectivity index (χ2v) is 4.72. The molecule has 0 atom stereocenters. The van der Waals surface area contributed by atoms with Crippen LogP contribution in [0, 0.1) is 22.7 Å². The number of amides is 1. The minimum atomic E-state index is -0.433. The van der Waals surface area contributed by atoms with Crippen molar-refractivity contribution in [2.24, 2.45) is 0 Å². The Balaban J connectivity index is 3.00. The molecule has 23 heavy (non-hydrogen) atoms. The van der Waals surface area contributed by atoms with E-state index in [0.29, 0.717) is 28.7 Å². The van der Waals surface area contributed by atoms with Crippen LogP contribution in [0.15, 0.2) is 18.2 Å². The summed E-state index contributed by atoms with van der Waals surface area (Å²) in [6.45, 7) is 1.98. The van der Waals surface area contributed by atoms with Gasteiger partial charge in [-0.3, -0.25) is 4.79 Å². The molecule has 1 aromatic rings. The van der Waals surface area contributed by atoms with E-state index in [-0.39, 0.29) is 13.1 Å². The van der Waals surface area contributed by atoms with Gasteiger partial charge in [-0.2, -0.15) is 10.5 Å². The van der Waals surface area contributed by atoms with Gasteiger partial charge in [-0.1, -0.05) is 11.6 Å². The average molecular weight is 334 g/mol. The Bertz CT molecular complexity index is 658. The number of carbonyl (C=O) groups excluding carboxylic acids is 1. The monoisotopic (exact) mass is 333 g/mol. The van der Waals surface area contributed by atoms with Gasteiger partial charge >= 0.3 is 0 Å². The number of carbonyl (C=O) groups is 1. The molecular weight excluding hydrogens is 318 g/mol. The molecule has 0 saturated heterocycles. The molecule has 0 aliphatic rings. The van der Waals surface area contributed by atoms with Crippen molar-refractivity contribution in [3.05, 3.63) is 28.8 Å². The molecule has 1 amide bonds. The first kappa shape index (κ1) is 18.3. The minimum absolute atomic E-state index is 0.149. The average Bonchev–Trinajstić information content (AvgIpc) is 2.54. The first-order chi connectivity index (χ1) is 11.1. The third-order valence-electron chi connectivity index (χ3n) is 2.79. The van der Waals surface area contributed by atoms with Crippen LogP contribution in [0.25, 0.3) is 6.08 Å². The molecule has 1 aromatic carbocycles. The number of nitriles is 2. The fraction of sp³-hybridized carbons (Fsp3) is 0.312. The number of benzene rings is 1. The SMILES string of the molecule is CCOc1c(Cl)cc(C=CC(=O)N(CC#N)CC#N)cc1OC. The molecule has 6 nitrogen and oxygen atoms in total. The van der Waals surface area contributed by atoms with Gasteiger partial charge in [-0.05, 0) is 30.7 Å². The summed E-state index contributed by atoms with van der Waals surface area (Å²) in [7, 11) is 1.49. The smallest absolute Gasteiger partial charge is 0.248 e. The number of halogens is 1. The molecule has 0 bridgehead atoms. The van der Waals surface area contributed by atoms with Crippen LogP contribution in [0.2, 0.25) is 5.02 Å². The Kier molecular flexibility index (Phi) is 7.45. The van der Waals surface area contributed by atoms with Gasteiger partial charge < -0.3 is 14.4 Å². The molecule has 0 unspecified atom stereocenters. The highest BCUT2D eigenvalue weighted by molar-refractivity contribution is 6.32. The normalized spacial score (nSPS) is 9.96. The fourth-order valence-corrected chi connectivity index (χ4v) is 2.05. The van der Waals surface area contributed by atoms with Gasteiger partial charge in [0.25, 0.3) is 0 Å². The highest BCUT2D eigenvalue weighted by Gasteiger charge is 2.12. The lowest BCUT2D eigenvalue weighted by Crippen LogP contribution is -2.30. The van der Waals surface area contributed by atoms with Gasteiger partial charge in [0, 0.05) is 6.08 Å². The molecular formula is C16H16ClN3O3. The predicted octanol–water partition coefficient (Wildman–Crippen LogP) is 2.64. The third kappa shape index (κ3) is 5.21. The van der Waals surface area contributed by atoms with Gasteiger partial charge in [-0.25, -0.2) is 0 Å². The van der Waals surface area contributed by atoms with E-state index < -0.39 is 5.91 Å². The van der Waals surface area contributed by atoms with Crippen molar-refractivity contribution in [1.29, 1.82) is 10.5 Å². The predicted molar refractivity (Wildman–Crippen MR) is 86.0 cm³/mol. The zero-order valence-electron chi connectivity index (χ0n) is 12.9. The first-order valence-electron chi connectivity index (χ1n) is 6.78. The standard InChI is InChI=1S/C16H16ClN3O3/c1-3-23-16-13(17)10-12(11-14(16)22-2)4-5-15(21)20(8-6-18)9-7-19/h4-5,10-11H,3,8-9H2,1-2H3. The van der Waals surface area contributed by atoms with E-state index in [4.69, 9.17) is 31.6 Å². The van der Waals surface area contributed by atoms with Crippen molar-refractivity contribution in [2.75, 3.05) is 26.8 Å². The van der Waals surface area contributed by atoms with Crippen LogP contribution in [0.3, 0.4) is 0 Å². The second kappa shape index (κ2) is 9.34. The van der Waals surface area contributed by atoms with Crippen molar-refractivity contribution in [2.45, 2.75) is 6.92 Å². The molecule has 0 saturated carbocycles. The Morgan fingerprint density at radius 2 is 2.00 bits per heavy atom. The number of hydrogen-bond acceptors (Lipinski definition) is 5. The third-order valence-corrected chi connectivity index (χ3v) is 3.07. The van der Waals surface area contributed by atoms with Crippen LogP contribution in [-0.4, -0.2) is 37.6 Å². The summed E-state index contributed by atoms with van der Waals surface area (Å²) >= 11 is 6.15. The Hall–Kier alpha value is -2.70. The van der Waals surface area contributed by atoms with E-state index in [9.17, 15) is 4.79 Å². The van der Waals surface area contributed by atoms with E-state index in [1.165, 1.54) is 19.3 Å². The highest BCUT2D eigenvalue weighted by atomic mass is 35.5. The number of hydrogen-bond donors (Lipinski definition) is 0. The fourth-order valence-electron chi connectivity index (χ4n) is 1.78. The lowest BCUT2D eigenvalue weighted by molar-refractivity contribution is -0.124. The summed E-state index contributed by atoms with van der Waals surface area (Å²) in [6.07, 6.45) is 2.81. The number of methoxy groups -OCH3 is 1. The number of rotatable bonds is 7. The Morgan fingerprint density at radius 3 is 2.52 bits per heavy atom. The maximum Gasteiger partial charge on any atom is 0.248 e. The van der Waals surface area contributed by atoms with Crippen molar-refractivity contribution < 1.29 is 14.3 Å². The molecule has 0 aromatic heterocycles. The van der Waals surface area contributed by atoms with Crippen molar-refractivity contribution in [1.82, 2.24) is 4.90 Å². The van der Waals surface area contributed by atoms with E-state index in [1.807, 2.05) is 19.1 Å². The number of ether oxygens (including phenoxy) is 2. The minimum Gasteiger partial charge on any atom is -0.493 e. The zero-order chi connectivity index (χ0) is 17.2. The molecule has 1 rings (SSSR count). The van der Waals surface area contributed by atoms with Gasteiger partial charge in [0.2, 0.25) is 5.91 Å². The molecule has 0 fully saturated rings. The Morgan fingerprint density at radius 1 is 1.35 bits per heavy atom. The van der Waals surface area contributed by atoms with Crippen LogP contribution in [-0.2, 0) is 4.79 Å². The summed E-state index contributed by atoms with van der Waals surface area (Å²) in [5.74, 6) is 0.463. The molecule has 0 aliphatic carbocycles.